The number of benzene rings is 2. The van der Waals surface area contributed by atoms with Crippen LogP contribution in [0.5, 0.6) is 0 Å². The molecule has 27 heavy (non-hydrogen) atoms. The highest BCUT2D eigenvalue weighted by Crippen LogP contribution is 2.36. The quantitative estimate of drug-likeness (QED) is 0.530. The molecule has 1 atom stereocenters. The molecule has 0 radical (unpaired) electrons. The third kappa shape index (κ3) is 4.37. The van der Waals surface area contributed by atoms with Gasteiger partial charge in [-0.15, -0.1) is 0 Å². The summed E-state index contributed by atoms with van der Waals surface area (Å²) >= 11 is 0. The number of halogens is 2. The van der Waals surface area contributed by atoms with Gasteiger partial charge >= 0.3 is 0 Å². The molecule has 0 saturated heterocycles. The number of hydrogen-bond donors (Lipinski definition) is 0. The summed E-state index contributed by atoms with van der Waals surface area (Å²) in [5, 5.41) is 0. The first-order chi connectivity index (χ1) is 13.1. The minimum absolute atomic E-state index is 0.131. The fourth-order valence-electron chi connectivity index (χ4n) is 3.44. The topological polar surface area (TPSA) is 0 Å². The Morgan fingerprint density at radius 1 is 1.04 bits per heavy atom. The Labute approximate surface area is 160 Å². The molecule has 3 rings (SSSR count). The van der Waals surface area contributed by atoms with Crippen LogP contribution in [-0.2, 0) is 6.42 Å². The van der Waals surface area contributed by atoms with Gasteiger partial charge in [0.05, 0.1) is 11.0 Å². The summed E-state index contributed by atoms with van der Waals surface area (Å²) in [6.45, 7) is 3.98. The molecule has 2 heteroatoms. The minimum Gasteiger partial charge on any atom is -0.206 e. The van der Waals surface area contributed by atoms with Crippen molar-refractivity contribution in [2.75, 3.05) is 0 Å². The molecule has 2 aromatic rings. The molecule has 0 aromatic heterocycles. The zero-order chi connectivity index (χ0) is 19.3. The van der Waals surface area contributed by atoms with Crippen molar-refractivity contribution < 1.29 is 8.78 Å². The van der Waals surface area contributed by atoms with Crippen LogP contribution in [0.3, 0.4) is 0 Å². The minimum atomic E-state index is -0.577. The SMILES string of the molecule is CCCC1(C#Cc2c(F)cc(CC)cc2F)C=CC(c2ccccc2)=CC1. The summed E-state index contributed by atoms with van der Waals surface area (Å²) in [5.41, 5.74) is 2.46. The Bertz CT molecular complexity index is 903. The molecule has 0 N–H and O–H groups in total. The van der Waals surface area contributed by atoms with Crippen molar-refractivity contribution in [2.24, 2.45) is 5.41 Å². The normalized spacial score (nSPS) is 18.6. The van der Waals surface area contributed by atoms with Gasteiger partial charge in [0, 0.05) is 0 Å². The molecular formula is C25H24F2. The second kappa shape index (κ2) is 8.35. The van der Waals surface area contributed by atoms with Crippen molar-refractivity contribution in [3.8, 4) is 11.8 Å². The molecule has 0 spiro atoms. The highest BCUT2D eigenvalue weighted by molar-refractivity contribution is 5.75. The van der Waals surface area contributed by atoms with Gasteiger partial charge in [-0.2, -0.15) is 0 Å². The van der Waals surface area contributed by atoms with Crippen LogP contribution in [0.4, 0.5) is 8.78 Å². The van der Waals surface area contributed by atoms with Gasteiger partial charge < -0.3 is 0 Å². The summed E-state index contributed by atoms with van der Waals surface area (Å²) in [7, 11) is 0. The number of rotatable bonds is 4. The molecule has 0 aliphatic heterocycles. The largest absolute Gasteiger partial charge is 0.206 e. The van der Waals surface area contributed by atoms with E-state index in [9.17, 15) is 8.78 Å². The van der Waals surface area contributed by atoms with E-state index in [2.05, 4.69) is 49.1 Å². The van der Waals surface area contributed by atoms with Crippen molar-refractivity contribution in [2.45, 2.75) is 39.5 Å². The van der Waals surface area contributed by atoms with Gasteiger partial charge in [-0.05, 0) is 48.1 Å². The summed E-state index contributed by atoms with van der Waals surface area (Å²) < 4.78 is 28.5. The van der Waals surface area contributed by atoms with Gasteiger partial charge in [-0.25, -0.2) is 8.78 Å². The zero-order valence-electron chi connectivity index (χ0n) is 15.9. The lowest BCUT2D eigenvalue weighted by Crippen LogP contribution is -2.17. The Morgan fingerprint density at radius 3 is 2.30 bits per heavy atom. The maximum Gasteiger partial charge on any atom is 0.142 e. The molecule has 1 aliphatic carbocycles. The van der Waals surface area contributed by atoms with Gasteiger partial charge in [-0.3, -0.25) is 0 Å². The number of aryl methyl sites for hydroxylation is 1. The lowest BCUT2D eigenvalue weighted by atomic mass is 9.76. The summed E-state index contributed by atoms with van der Waals surface area (Å²) in [5.74, 6) is 4.83. The van der Waals surface area contributed by atoms with Crippen LogP contribution in [0, 0.1) is 28.9 Å². The molecule has 2 aromatic carbocycles. The average Bonchev–Trinajstić information content (AvgIpc) is 2.68. The predicted molar refractivity (Wildman–Crippen MR) is 108 cm³/mol. The molecule has 0 fully saturated rings. The molecule has 138 valence electrons. The summed E-state index contributed by atoms with van der Waals surface area (Å²) in [6, 6.07) is 12.9. The fraction of sp³-hybridized carbons (Fsp3) is 0.280. The smallest absolute Gasteiger partial charge is 0.142 e. The van der Waals surface area contributed by atoms with E-state index in [1.54, 1.807) is 0 Å². The van der Waals surface area contributed by atoms with Gasteiger partial charge in [0.25, 0.3) is 0 Å². The van der Waals surface area contributed by atoms with Crippen molar-refractivity contribution in [3.05, 3.63) is 89.0 Å². The van der Waals surface area contributed by atoms with Crippen LogP contribution in [-0.4, -0.2) is 0 Å². The maximum absolute atomic E-state index is 14.3. The molecule has 0 saturated carbocycles. The Hall–Kier alpha value is -2.66. The highest BCUT2D eigenvalue weighted by atomic mass is 19.1. The van der Waals surface area contributed by atoms with E-state index in [1.807, 2.05) is 25.1 Å². The van der Waals surface area contributed by atoms with E-state index in [4.69, 9.17) is 0 Å². The first-order valence-electron chi connectivity index (χ1n) is 9.53. The molecule has 1 unspecified atom stereocenters. The van der Waals surface area contributed by atoms with E-state index in [1.165, 1.54) is 17.7 Å². The monoisotopic (exact) mass is 362 g/mol. The second-order valence-corrected chi connectivity index (χ2v) is 7.01. The molecule has 1 aliphatic rings. The first kappa shape index (κ1) is 19.1. The lowest BCUT2D eigenvalue weighted by molar-refractivity contribution is 0.466. The average molecular weight is 362 g/mol. The maximum atomic E-state index is 14.3. The van der Waals surface area contributed by atoms with Crippen molar-refractivity contribution in [1.82, 2.24) is 0 Å². The van der Waals surface area contributed by atoms with E-state index in [0.717, 1.165) is 24.8 Å². The fourth-order valence-corrected chi connectivity index (χ4v) is 3.44. The van der Waals surface area contributed by atoms with E-state index < -0.39 is 11.6 Å². The molecule has 0 nitrogen and oxygen atoms in total. The van der Waals surface area contributed by atoms with Crippen molar-refractivity contribution in [1.29, 1.82) is 0 Å². The van der Waals surface area contributed by atoms with Crippen LogP contribution in [0.15, 0.2) is 60.7 Å². The lowest BCUT2D eigenvalue weighted by Gasteiger charge is -2.27. The number of hydrogen-bond acceptors (Lipinski definition) is 0. The Kier molecular flexibility index (Phi) is 5.91. The number of allylic oxidation sites excluding steroid dienone is 4. The van der Waals surface area contributed by atoms with Gasteiger partial charge in [0.1, 0.15) is 11.6 Å². The molecular weight excluding hydrogens is 338 g/mol. The molecule has 0 amide bonds. The summed E-state index contributed by atoms with van der Waals surface area (Å²) in [4.78, 5) is 0. The van der Waals surface area contributed by atoms with Gasteiger partial charge in [0.15, 0.2) is 0 Å². The van der Waals surface area contributed by atoms with Crippen LogP contribution in [0.1, 0.15) is 49.8 Å². The Morgan fingerprint density at radius 2 is 1.74 bits per heavy atom. The Balaban J connectivity index is 1.90. The third-order valence-corrected chi connectivity index (χ3v) is 5.02. The molecule has 0 heterocycles. The van der Waals surface area contributed by atoms with Crippen LogP contribution >= 0.6 is 0 Å². The first-order valence-corrected chi connectivity index (χ1v) is 9.53. The standard InChI is InChI=1S/C25H24F2/c1-3-13-25(14-10-21(11-15-25)20-8-6-5-7-9-20)16-12-22-23(26)17-19(4-2)18-24(22)27/h5-11,14,17-18H,3-4,13,15H2,1-2H3. The van der Waals surface area contributed by atoms with Crippen LogP contribution in [0.25, 0.3) is 5.57 Å². The second-order valence-electron chi connectivity index (χ2n) is 7.01. The zero-order valence-corrected chi connectivity index (χ0v) is 15.9. The van der Waals surface area contributed by atoms with Crippen LogP contribution < -0.4 is 0 Å². The van der Waals surface area contributed by atoms with E-state index >= 15 is 0 Å². The van der Waals surface area contributed by atoms with Crippen LogP contribution in [0.2, 0.25) is 0 Å². The van der Waals surface area contributed by atoms with E-state index in [0.29, 0.717) is 12.0 Å². The van der Waals surface area contributed by atoms with Gasteiger partial charge in [0.2, 0.25) is 0 Å². The van der Waals surface area contributed by atoms with Crippen molar-refractivity contribution >= 4 is 5.57 Å². The van der Waals surface area contributed by atoms with Gasteiger partial charge in [-0.1, -0.05) is 80.7 Å². The summed E-state index contributed by atoms with van der Waals surface area (Å²) in [6.07, 6.45) is 9.49. The highest BCUT2D eigenvalue weighted by Gasteiger charge is 2.25. The third-order valence-electron chi connectivity index (χ3n) is 5.02. The van der Waals surface area contributed by atoms with E-state index in [-0.39, 0.29) is 11.0 Å². The van der Waals surface area contributed by atoms with Crippen molar-refractivity contribution in [3.63, 3.8) is 0 Å². The molecule has 0 bridgehead atoms. The predicted octanol–water partition coefficient (Wildman–Crippen LogP) is 6.71.